The van der Waals surface area contributed by atoms with Crippen molar-refractivity contribution in [3.8, 4) is 0 Å². The molecule has 1 heterocycles. The fourth-order valence-electron chi connectivity index (χ4n) is 2.99. The lowest BCUT2D eigenvalue weighted by atomic mass is 10.1. The molecule has 1 fully saturated rings. The minimum absolute atomic E-state index is 0.0522. The highest BCUT2D eigenvalue weighted by atomic mass is 79.9. The number of nitrogens with zero attached hydrogens (tertiary/aromatic N) is 1. The predicted molar refractivity (Wildman–Crippen MR) is 106 cm³/mol. The number of hydrogen-bond donors (Lipinski definition) is 2. The van der Waals surface area contributed by atoms with Crippen molar-refractivity contribution >= 4 is 39.3 Å². The highest BCUT2D eigenvalue weighted by Gasteiger charge is 2.34. The van der Waals surface area contributed by atoms with Crippen molar-refractivity contribution in [2.24, 2.45) is 5.92 Å². The molecular weight excluding hydrogens is 410 g/mol. The Morgan fingerprint density at radius 2 is 1.67 bits per heavy atom. The van der Waals surface area contributed by atoms with Gasteiger partial charge in [-0.05, 0) is 40.2 Å². The molecule has 0 spiro atoms. The van der Waals surface area contributed by atoms with Crippen LogP contribution in [0.25, 0.3) is 0 Å². The molecule has 2 aromatic carbocycles. The van der Waals surface area contributed by atoms with Crippen LogP contribution >= 0.6 is 15.9 Å². The molecule has 3 rings (SSSR count). The van der Waals surface area contributed by atoms with E-state index >= 15 is 0 Å². The fraction of sp³-hybridized carbons (Fsp3) is 0.250. The lowest BCUT2D eigenvalue weighted by Gasteiger charge is -2.16. The molecule has 0 bridgehead atoms. The Hall–Kier alpha value is -2.67. The number of amides is 3. The Balaban J connectivity index is 1.44. The number of carbonyl (C=O) groups excluding carboxylic acids is 3. The van der Waals surface area contributed by atoms with Crippen LogP contribution in [-0.4, -0.2) is 37.4 Å². The van der Waals surface area contributed by atoms with Crippen molar-refractivity contribution in [2.75, 3.05) is 24.5 Å². The number of hydrogen-bond acceptors (Lipinski definition) is 3. The van der Waals surface area contributed by atoms with Gasteiger partial charge in [-0.25, -0.2) is 0 Å². The molecule has 1 aliphatic heterocycles. The van der Waals surface area contributed by atoms with Gasteiger partial charge in [-0.15, -0.1) is 0 Å². The Labute approximate surface area is 166 Å². The van der Waals surface area contributed by atoms with Gasteiger partial charge in [-0.3, -0.25) is 14.4 Å². The molecule has 0 aromatic heterocycles. The number of carbonyl (C=O) groups is 3. The topological polar surface area (TPSA) is 78.5 Å². The van der Waals surface area contributed by atoms with Gasteiger partial charge >= 0.3 is 0 Å². The molecule has 7 heteroatoms. The number of halogens is 1. The highest BCUT2D eigenvalue weighted by Crippen LogP contribution is 2.24. The summed E-state index contributed by atoms with van der Waals surface area (Å²) in [5.74, 6) is -0.805. The molecule has 2 aromatic rings. The van der Waals surface area contributed by atoms with E-state index in [1.54, 1.807) is 23.1 Å². The van der Waals surface area contributed by atoms with E-state index in [4.69, 9.17) is 0 Å². The number of rotatable bonds is 6. The number of benzene rings is 2. The molecule has 6 nitrogen and oxygen atoms in total. The third-order valence-corrected chi connectivity index (χ3v) is 5.08. The van der Waals surface area contributed by atoms with Crippen LogP contribution in [0.4, 0.5) is 5.69 Å². The third-order valence-electron chi connectivity index (χ3n) is 4.39. The zero-order valence-corrected chi connectivity index (χ0v) is 16.2. The zero-order chi connectivity index (χ0) is 19.2. The van der Waals surface area contributed by atoms with Crippen LogP contribution in [0, 0.1) is 5.92 Å². The maximum absolute atomic E-state index is 12.3. The quantitative estimate of drug-likeness (QED) is 0.691. The first-order valence-corrected chi connectivity index (χ1v) is 9.51. The van der Waals surface area contributed by atoms with E-state index in [-0.39, 0.29) is 30.1 Å². The van der Waals surface area contributed by atoms with Crippen molar-refractivity contribution < 1.29 is 14.4 Å². The van der Waals surface area contributed by atoms with Gasteiger partial charge in [0.1, 0.15) is 0 Å². The minimum Gasteiger partial charge on any atom is -0.354 e. The Kier molecular flexibility index (Phi) is 6.24. The smallest absolute Gasteiger partial charge is 0.252 e. The van der Waals surface area contributed by atoms with Crippen molar-refractivity contribution in [1.82, 2.24) is 10.6 Å². The normalized spacial score (nSPS) is 16.3. The summed E-state index contributed by atoms with van der Waals surface area (Å²) in [6.45, 7) is 0.998. The van der Waals surface area contributed by atoms with E-state index in [1.165, 1.54) is 0 Å². The van der Waals surface area contributed by atoms with Crippen LogP contribution in [0.5, 0.6) is 0 Å². The predicted octanol–water partition coefficient (Wildman–Crippen LogP) is 2.35. The molecule has 27 heavy (non-hydrogen) atoms. The average Bonchev–Trinajstić information content (AvgIpc) is 3.08. The van der Waals surface area contributed by atoms with Crippen LogP contribution < -0.4 is 15.5 Å². The molecule has 3 amide bonds. The third kappa shape index (κ3) is 4.74. The SMILES string of the molecule is O=C(NCCNC(=O)C1CC(=O)N(c2ccccc2)C1)c1ccccc1Br. The van der Waals surface area contributed by atoms with E-state index in [9.17, 15) is 14.4 Å². The van der Waals surface area contributed by atoms with Crippen molar-refractivity contribution in [3.05, 3.63) is 64.6 Å². The molecular formula is C20H20BrN3O3. The average molecular weight is 430 g/mol. The second kappa shape index (κ2) is 8.81. The van der Waals surface area contributed by atoms with Gasteiger partial charge in [-0.2, -0.15) is 0 Å². The molecule has 140 valence electrons. The van der Waals surface area contributed by atoms with Crippen LogP contribution in [0.15, 0.2) is 59.1 Å². The van der Waals surface area contributed by atoms with E-state index in [1.807, 2.05) is 36.4 Å². The molecule has 1 saturated heterocycles. The molecule has 0 saturated carbocycles. The number of anilines is 1. The van der Waals surface area contributed by atoms with Crippen LogP contribution in [0.2, 0.25) is 0 Å². The molecule has 1 atom stereocenters. The van der Waals surface area contributed by atoms with Crippen molar-refractivity contribution in [1.29, 1.82) is 0 Å². The summed E-state index contributed by atoms with van der Waals surface area (Å²) in [5, 5.41) is 5.56. The molecule has 1 aliphatic rings. The first kappa shape index (κ1) is 19.1. The van der Waals surface area contributed by atoms with Gasteiger partial charge in [0.15, 0.2) is 0 Å². The Morgan fingerprint density at radius 1 is 1.00 bits per heavy atom. The molecule has 0 aliphatic carbocycles. The van der Waals surface area contributed by atoms with Gasteiger partial charge in [0.05, 0.1) is 11.5 Å². The summed E-state index contributed by atoms with van der Waals surface area (Å²) in [5.41, 5.74) is 1.35. The van der Waals surface area contributed by atoms with E-state index < -0.39 is 0 Å². The number of nitrogens with one attached hydrogen (secondary N) is 2. The monoisotopic (exact) mass is 429 g/mol. The van der Waals surface area contributed by atoms with Gasteiger partial charge < -0.3 is 15.5 Å². The first-order chi connectivity index (χ1) is 13.1. The summed E-state index contributed by atoms with van der Waals surface area (Å²) >= 11 is 3.34. The summed E-state index contributed by atoms with van der Waals surface area (Å²) in [7, 11) is 0. The summed E-state index contributed by atoms with van der Waals surface area (Å²) in [6.07, 6.45) is 0.198. The fourth-order valence-corrected chi connectivity index (χ4v) is 3.45. The molecule has 1 unspecified atom stereocenters. The van der Waals surface area contributed by atoms with Crippen molar-refractivity contribution in [3.63, 3.8) is 0 Å². The second-order valence-electron chi connectivity index (χ2n) is 6.27. The van der Waals surface area contributed by atoms with Gasteiger partial charge in [0, 0.05) is 36.2 Å². The van der Waals surface area contributed by atoms with Gasteiger partial charge in [0.25, 0.3) is 5.91 Å². The van der Waals surface area contributed by atoms with Gasteiger partial charge in [-0.1, -0.05) is 30.3 Å². The summed E-state index contributed by atoms with van der Waals surface area (Å²) in [6, 6.07) is 16.5. The number of para-hydroxylation sites is 1. The summed E-state index contributed by atoms with van der Waals surface area (Å²) < 4.78 is 0.719. The van der Waals surface area contributed by atoms with Crippen LogP contribution in [0.1, 0.15) is 16.8 Å². The highest BCUT2D eigenvalue weighted by molar-refractivity contribution is 9.10. The summed E-state index contributed by atoms with van der Waals surface area (Å²) in [4.78, 5) is 38.3. The second-order valence-corrected chi connectivity index (χ2v) is 7.12. The largest absolute Gasteiger partial charge is 0.354 e. The Bertz CT molecular complexity index is 841. The zero-order valence-electron chi connectivity index (χ0n) is 14.7. The van der Waals surface area contributed by atoms with E-state index in [0.717, 1.165) is 10.2 Å². The lowest BCUT2D eigenvalue weighted by molar-refractivity contribution is -0.126. The maximum atomic E-state index is 12.3. The van der Waals surface area contributed by atoms with E-state index in [2.05, 4.69) is 26.6 Å². The lowest BCUT2D eigenvalue weighted by Crippen LogP contribution is -2.38. The molecule has 2 N–H and O–H groups in total. The van der Waals surface area contributed by atoms with E-state index in [0.29, 0.717) is 25.2 Å². The van der Waals surface area contributed by atoms with Crippen LogP contribution in [-0.2, 0) is 9.59 Å². The van der Waals surface area contributed by atoms with Gasteiger partial charge in [0.2, 0.25) is 11.8 Å². The van der Waals surface area contributed by atoms with Crippen LogP contribution in [0.3, 0.4) is 0 Å². The molecule has 0 radical (unpaired) electrons. The first-order valence-electron chi connectivity index (χ1n) is 8.72. The minimum atomic E-state index is -0.378. The standard InChI is InChI=1S/C20H20BrN3O3/c21-17-9-5-4-8-16(17)20(27)23-11-10-22-19(26)14-12-18(25)24(13-14)15-6-2-1-3-7-15/h1-9,14H,10-13H2,(H,22,26)(H,23,27). The Morgan fingerprint density at radius 3 is 2.41 bits per heavy atom. The maximum Gasteiger partial charge on any atom is 0.252 e. The van der Waals surface area contributed by atoms with Crippen molar-refractivity contribution in [2.45, 2.75) is 6.42 Å².